The van der Waals surface area contributed by atoms with Crippen molar-refractivity contribution in [2.75, 3.05) is 0 Å². The molecule has 4 aromatic rings. The van der Waals surface area contributed by atoms with Gasteiger partial charge in [0.1, 0.15) is 10.7 Å². The lowest BCUT2D eigenvalue weighted by molar-refractivity contribution is 0.621. The Labute approximate surface area is 139 Å². The van der Waals surface area contributed by atoms with E-state index in [-0.39, 0.29) is 5.82 Å². The quantitative estimate of drug-likeness (QED) is 0.517. The average molecular weight is 397 g/mol. The van der Waals surface area contributed by atoms with Gasteiger partial charge in [0.2, 0.25) is 4.96 Å². The van der Waals surface area contributed by atoms with Crippen LogP contribution >= 0.6 is 38.8 Å². The molecule has 1 aromatic carbocycles. The van der Waals surface area contributed by atoms with Crippen LogP contribution in [0.4, 0.5) is 4.39 Å². The minimum absolute atomic E-state index is 0.324. The monoisotopic (exact) mass is 396 g/mol. The summed E-state index contributed by atoms with van der Waals surface area (Å²) in [7, 11) is 0. The summed E-state index contributed by atoms with van der Waals surface area (Å²) in [6.45, 7) is 1.89. The van der Waals surface area contributed by atoms with E-state index in [0.29, 0.717) is 15.3 Å². The van der Waals surface area contributed by atoms with Crippen LogP contribution in [-0.4, -0.2) is 29.4 Å². The summed E-state index contributed by atoms with van der Waals surface area (Å²) in [5, 5.41) is 17.6. The molecule has 3 aromatic heterocycles. The Balaban J connectivity index is 1.87. The van der Waals surface area contributed by atoms with E-state index >= 15 is 0 Å². The third kappa shape index (κ3) is 2.14. The van der Waals surface area contributed by atoms with Crippen LogP contribution < -0.4 is 0 Å². The zero-order valence-corrected chi connectivity index (χ0v) is 14.2. The van der Waals surface area contributed by atoms with Crippen LogP contribution in [0.3, 0.4) is 0 Å². The average Bonchev–Trinajstić information content (AvgIpc) is 3.16. The normalized spacial score (nSPS) is 11.4. The zero-order valence-electron chi connectivity index (χ0n) is 11.0. The van der Waals surface area contributed by atoms with E-state index in [0.717, 1.165) is 21.1 Å². The maximum absolute atomic E-state index is 13.4. The van der Waals surface area contributed by atoms with Gasteiger partial charge < -0.3 is 0 Å². The van der Waals surface area contributed by atoms with E-state index in [1.807, 2.05) is 6.92 Å². The molecule has 0 saturated heterocycles. The molecule has 0 bridgehead atoms. The molecule has 0 saturated carbocycles. The fourth-order valence-corrected chi connectivity index (χ4v) is 3.94. The number of aryl methyl sites for hydroxylation is 1. The van der Waals surface area contributed by atoms with E-state index in [9.17, 15) is 4.39 Å². The Bertz CT molecular complexity index is 991. The van der Waals surface area contributed by atoms with Crippen LogP contribution in [0.25, 0.3) is 26.2 Å². The van der Waals surface area contributed by atoms with Crippen molar-refractivity contribution in [3.05, 3.63) is 34.2 Å². The van der Waals surface area contributed by atoms with Crippen molar-refractivity contribution in [1.82, 2.24) is 29.4 Å². The summed E-state index contributed by atoms with van der Waals surface area (Å²) in [4.78, 5) is 1.58. The van der Waals surface area contributed by atoms with Gasteiger partial charge in [-0.3, -0.25) is 0 Å². The van der Waals surface area contributed by atoms with Gasteiger partial charge in [-0.25, -0.2) is 4.39 Å². The van der Waals surface area contributed by atoms with Crippen LogP contribution in [-0.2, 0) is 0 Å². The first-order valence-corrected chi connectivity index (χ1v) is 8.49. The Morgan fingerprint density at radius 3 is 2.82 bits per heavy atom. The van der Waals surface area contributed by atoms with E-state index in [1.165, 1.54) is 28.9 Å². The predicted octanol–water partition coefficient (Wildman–Crippen LogP) is 3.58. The molecule has 0 fully saturated rings. The summed E-state index contributed by atoms with van der Waals surface area (Å²) in [5.74, 6) is 0.239. The van der Waals surface area contributed by atoms with Crippen molar-refractivity contribution in [2.45, 2.75) is 6.92 Å². The molecule has 10 heteroatoms. The van der Waals surface area contributed by atoms with Crippen molar-refractivity contribution in [1.29, 1.82) is 0 Å². The number of hydrogen-bond donors (Lipinski definition) is 0. The second-order valence-electron chi connectivity index (χ2n) is 4.44. The first kappa shape index (κ1) is 13.9. The van der Waals surface area contributed by atoms with Crippen molar-refractivity contribution in [2.24, 2.45) is 0 Å². The predicted molar refractivity (Wildman–Crippen MR) is 85.4 cm³/mol. The molecule has 0 amide bonds. The summed E-state index contributed by atoms with van der Waals surface area (Å²) in [6.07, 6.45) is 0. The van der Waals surface area contributed by atoms with E-state index < -0.39 is 0 Å². The van der Waals surface area contributed by atoms with Gasteiger partial charge in [0.25, 0.3) is 0 Å². The van der Waals surface area contributed by atoms with Crippen LogP contribution in [0, 0.1) is 12.7 Å². The molecule has 0 aliphatic rings. The molecular weight excluding hydrogens is 391 g/mol. The number of halogens is 2. The second-order valence-corrected chi connectivity index (χ2v) is 7.01. The largest absolute Gasteiger partial charge is 0.235 e. The van der Waals surface area contributed by atoms with Crippen LogP contribution in [0.2, 0.25) is 0 Å². The van der Waals surface area contributed by atoms with Gasteiger partial charge in [0.05, 0.1) is 10.2 Å². The van der Waals surface area contributed by atoms with Gasteiger partial charge in [-0.2, -0.15) is 9.61 Å². The van der Waals surface area contributed by atoms with Crippen molar-refractivity contribution in [3.63, 3.8) is 0 Å². The Morgan fingerprint density at radius 1 is 1.23 bits per heavy atom. The van der Waals surface area contributed by atoms with Gasteiger partial charge in [-0.1, -0.05) is 15.8 Å². The highest BCUT2D eigenvalue weighted by Gasteiger charge is 2.17. The number of fused-ring (bicyclic) bond motifs is 1. The molecule has 0 aliphatic heterocycles. The third-order valence-electron chi connectivity index (χ3n) is 3.01. The number of nitrogens with zero attached hydrogens (tertiary/aromatic N) is 6. The number of rotatable bonds is 2. The molecule has 110 valence electrons. The van der Waals surface area contributed by atoms with Crippen molar-refractivity contribution in [3.8, 4) is 21.3 Å². The molecule has 3 heterocycles. The highest BCUT2D eigenvalue weighted by Crippen LogP contribution is 2.32. The molecule has 0 radical (unpaired) electrons. The van der Waals surface area contributed by atoms with Gasteiger partial charge in [0.15, 0.2) is 10.8 Å². The Hall–Kier alpha value is -1.78. The van der Waals surface area contributed by atoms with Crippen LogP contribution in [0.5, 0.6) is 0 Å². The summed E-state index contributed by atoms with van der Waals surface area (Å²) >= 11 is 5.89. The highest BCUT2D eigenvalue weighted by molar-refractivity contribution is 9.10. The van der Waals surface area contributed by atoms with Gasteiger partial charge >= 0.3 is 0 Å². The van der Waals surface area contributed by atoms with E-state index in [4.69, 9.17) is 0 Å². The molecule has 4 rings (SSSR count). The standard InChI is InChI=1S/C12H6BrFN6S2/c1-5-9(22-19-15-5)11-18-20-10(16-17-12(20)21-11)6-2-3-8(14)7(13)4-6/h2-4H,1H3. The highest BCUT2D eigenvalue weighted by atomic mass is 79.9. The molecule has 0 spiro atoms. The topological polar surface area (TPSA) is 68.9 Å². The zero-order chi connectivity index (χ0) is 15.3. The number of aromatic nitrogens is 6. The van der Waals surface area contributed by atoms with Gasteiger partial charge in [0, 0.05) is 5.56 Å². The maximum Gasteiger partial charge on any atom is 0.235 e. The fraction of sp³-hybridized carbons (Fsp3) is 0.0833. The number of hydrogen-bond acceptors (Lipinski definition) is 7. The lowest BCUT2D eigenvalue weighted by Crippen LogP contribution is -1.91. The Morgan fingerprint density at radius 2 is 2.09 bits per heavy atom. The third-order valence-corrected chi connectivity index (χ3v) is 5.50. The SMILES string of the molecule is Cc1nnsc1-c1nn2c(-c3ccc(F)c(Br)c3)nnc2s1. The summed E-state index contributed by atoms with van der Waals surface area (Å²) < 4.78 is 19.3. The first-order valence-electron chi connectivity index (χ1n) is 6.10. The van der Waals surface area contributed by atoms with Crippen molar-refractivity contribution < 1.29 is 4.39 Å². The molecular formula is C12H6BrFN6S2. The molecule has 0 unspecified atom stereocenters. The minimum Gasteiger partial charge on any atom is -0.206 e. The maximum atomic E-state index is 13.4. The van der Waals surface area contributed by atoms with E-state index in [1.54, 1.807) is 16.6 Å². The molecule has 22 heavy (non-hydrogen) atoms. The summed E-state index contributed by atoms with van der Waals surface area (Å²) in [6, 6.07) is 4.68. The fourth-order valence-electron chi connectivity index (χ4n) is 1.95. The first-order chi connectivity index (χ1) is 10.6. The van der Waals surface area contributed by atoms with Gasteiger partial charge in [-0.15, -0.1) is 15.3 Å². The minimum atomic E-state index is -0.324. The van der Waals surface area contributed by atoms with Gasteiger partial charge in [-0.05, 0) is 52.6 Å². The second kappa shape index (κ2) is 5.14. The van der Waals surface area contributed by atoms with Crippen LogP contribution in [0.15, 0.2) is 22.7 Å². The molecule has 6 nitrogen and oxygen atoms in total. The van der Waals surface area contributed by atoms with Crippen molar-refractivity contribution >= 4 is 43.8 Å². The van der Waals surface area contributed by atoms with E-state index in [2.05, 4.69) is 40.8 Å². The lowest BCUT2D eigenvalue weighted by atomic mass is 10.2. The molecule has 0 aliphatic carbocycles. The molecule has 0 N–H and O–H groups in total. The molecule has 0 atom stereocenters. The van der Waals surface area contributed by atoms with Crippen LogP contribution in [0.1, 0.15) is 5.69 Å². The lowest BCUT2D eigenvalue weighted by Gasteiger charge is -1.99. The smallest absolute Gasteiger partial charge is 0.206 e. The summed E-state index contributed by atoms with van der Waals surface area (Å²) in [5.41, 5.74) is 1.57. The Kier molecular flexibility index (Phi) is 3.24. The number of benzene rings is 1.